The van der Waals surface area contributed by atoms with Crippen LogP contribution in [0, 0.1) is 12.3 Å². The Kier molecular flexibility index (Phi) is 4.70. The maximum absolute atomic E-state index is 11.6. The molecule has 0 amide bonds. The predicted octanol–water partition coefficient (Wildman–Crippen LogP) is 0.941. The van der Waals surface area contributed by atoms with E-state index in [2.05, 4.69) is 38.4 Å². The molecule has 2 fully saturated rings. The van der Waals surface area contributed by atoms with Crippen LogP contribution in [0.3, 0.4) is 0 Å². The first kappa shape index (κ1) is 19.1. The van der Waals surface area contributed by atoms with Gasteiger partial charge in [0.1, 0.15) is 11.4 Å². The molecule has 30 heavy (non-hydrogen) atoms. The zero-order valence-electron chi connectivity index (χ0n) is 16.9. The van der Waals surface area contributed by atoms with Gasteiger partial charge in [0, 0.05) is 36.3 Å². The number of aromatic amines is 1. The number of aliphatic hydroxyl groups is 1. The van der Waals surface area contributed by atoms with Crippen LogP contribution in [0.4, 0.5) is 5.82 Å². The van der Waals surface area contributed by atoms with E-state index in [-0.39, 0.29) is 12.1 Å². The molecule has 3 atom stereocenters. The van der Waals surface area contributed by atoms with E-state index in [0.717, 1.165) is 23.3 Å². The van der Waals surface area contributed by atoms with Crippen LogP contribution in [0.15, 0.2) is 24.5 Å². The van der Waals surface area contributed by atoms with Gasteiger partial charge >= 0.3 is 0 Å². The maximum atomic E-state index is 11.6. The molecule has 2 aliphatic rings. The van der Waals surface area contributed by atoms with Gasteiger partial charge in [-0.25, -0.2) is 4.98 Å². The van der Waals surface area contributed by atoms with Crippen molar-refractivity contribution < 1.29 is 9.84 Å². The van der Waals surface area contributed by atoms with Gasteiger partial charge < -0.3 is 20.1 Å². The zero-order chi connectivity index (χ0) is 20.7. The number of ether oxygens (including phenoxy) is 1. The summed E-state index contributed by atoms with van der Waals surface area (Å²) in [5, 5.41) is 27.3. The van der Waals surface area contributed by atoms with E-state index in [1.54, 1.807) is 17.1 Å². The summed E-state index contributed by atoms with van der Waals surface area (Å²) in [6, 6.07) is 4.00. The number of β-amino-alcohol motifs (C(OH)–C–C–N with tert-alkyl or cyclic N) is 1. The standard InChI is InChI=1S/C21H25N7O2/c1-3-15-4-6-21(29,13-22-15)17-10-19(27-8-9-30-12-14(27)2)25-20-16(17)11-24-28(20)18-5-7-23-26-18/h1,5,7,10-11,14-15,22,29H,4,6,8-9,12-13H2,2H3,(H,23,26)/t14-,15?,21?/m1/s1. The van der Waals surface area contributed by atoms with Crippen LogP contribution in [0.2, 0.25) is 0 Å². The van der Waals surface area contributed by atoms with Crippen LogP contribution in [0.25, 0.3) is 16.9 Å². The number of piperidine rings is 1. The minimum absolute atomic E-state index is 0.0203. The second kappa shape index (κ2) is 7.40. The molecule has 5 rings (SSSR count). The van der Waals surface area contributed by atoms with Gasteiger partial charge in [-0.1, -0.05) is 5.92 Å². The smallest absolute Gasteiger partial charge is 0.177 e. The third-order valence-corrected chi connectivity index (χ3v) is 6.08. The first-order valence-corrected chi connectivity index (χ1v) is 10.2. The van der Waals surface area contributed by atoms with E-state index in [9.17, 15) is 5.11 Å². The molecular weight excluding hydrogens is 382 g/mol. The lowest BCUT2D eigenvalue weighted by Gasteiger charge is -2.38. The third kappa shape index (κ3) is 3.13. The molecule has 2 unspecified atom stereocenters. The third-order valence-electron chi connectivity index (χ3n) is 6.08. The Morgan fingerprint density at radius 3 is 3.00 bits per heavy atom. The topological polar surface area (TPSA) is 104 Å². The van der Waals surface area contributed by atoms with E-state index < -0.39 is 5.60 Å². The Hall–Kier alpha value is -2.93. The quantitative estimate of drug-likeness (QED) is 0.555. The van der Waals surface area contributed by atoms with Crippen molar-refractivity contribution in [2.75, 3.05) is 31.2 Å². The Labute approximate surface area is 174 Å². The largest absolute Gasteiger partial charge is 0.384 e. The molecule has 3 N–H and O–H groups in total. The molecule has 5 heterocycles. The number of terminal acetylenes is 1. The van der Waals surface area contributed by atoms with Crippen LogP contribution in [0.5, 0.6) is 0 Å². The van der Waals surface area contributed by atoms with Gasteiger partial charge in [-0.3, -0.25) is 5.10 Å². The molecule has 9 nitrogen and oxygen atoms in total. The molecule has 2 saturated heterocycles. The van der Waals surface area contributed by atoms with Gasteiger partial charge in [0.2, 0.25) is 0 Å². The van der Waals surface area contributed by atoms with Crippen molar-refractivity contribution in [3.8, 4) is 18.2 Å². The number of nitrogens with one attached hydrogen (secondary N) is 2. The highest BCUT2D eigenvalue weighted by atomic mass is 16.5. The Bertz CT molecular complexity index is 1080. The average Bonchev–Trinajstić information content (AvgIpc) is 3.43. The van der Waals surface area contributed by atoms with Gasteiger partial charge in [0.05, 0.1) is 31.5 Å². The number of nitrogens with zero attached hydrogens (tertiary/aromatic N) is 5. The fraction of sp³-hybridized carbons (Fsp3) is 0.476. The summed E-state index contributed by atoms with van der Waals surface area (Å²) < 4.78 is 7.30. The van der Waals surface area contributed by atoms with Gasteiger partial charge in [-0.2, -0.15) is 14.9 Å². The summed E-state index contributed by atoms with van der Waals surface area (Å²) in [5.74, 6) is 4.19. The van der Waals surface area contributed by atoms with E-state index in [1.165, 1.54) is 0 Å². The molecule has 156 valence electrons. The van der Waals surface area contributed by atoms with Gasteiger partial charge in [0.15, 0.2) is 11.5 Å². The Morgan fingerprint density at radius 1 is 1.40 bits per heavy atom. The first-order valence-electron chi connectivity index (χ1n) is 10.2. The minimum Gasteiger partial charge on any atom is -0.384 e. The van der Waals surface area contributed by atoms with E-state index in [4.69, 9.17) is 16.1 Å². The summed E-state index contributed by atoms with van der Waals surface area (Å²) in [5.41, 5.74) is 0.421. The van der Waals surface area contributed by atoms with Crippen LogP contribution < -0.4 is 10.2 Å². The molecule has 3 aromatic rings. The fourth-order valence-electron chi connectivity index (χ4n) is 4.36. The lowest BCUT2D eigenvalue weighted by molar-refractivity contribution is 0.00830. The van der Waals surface area contributed by atoms with Gasteiger partial charge in [0.25, 0.3) is 0 Å². The van der Waals surface area contributed by atoms with Crippen molar-refractivity contribution in [1.82, 2.24) is 30.3 Å². The van der Waals surface area contributed by atoms with Gasteiger partial charge in [-0.15, -0.1) is 6.42 Å². The molecule has 0 bridgehead atoms. The highest BCUT2D eigenvalue weighted by molar-refractivity contribution is 5.83. The Balaban J connectivity index is 1.66. The zero-order valence-corrected chi connectivity index (χ0v) is 16.9. The molecule has 0 radical (unpaired) electrons. The number of anilines is 1. The molecule has 2 aliphatic heterocycles. The number of H-pyrrole nitrogens is 1. The normalized spacial score (nSPS) is 27.3. The van der Waals surface area contributed by atoms with Crippen LogP contribution in [0.1, 0.15) is 25.3 Å². The number of hydrogen-bond acceptors (Lipinski definition) is 7. The number of rotatable bonds is 3. The number of morpholine rings is 1. The molecule has 0 spiro atoms. The second-order valence-corrected chi connectivity index (χ2v) is 8.04. The molecule has 3 aromatic heterocycles. The average molecular weight is 407 g/mol. The molecular formula is C21H25N7O2. The van der Waals surface area contributed by atoms with Crippen LogP contribution >= 0.6 is 0 Å². The monoisotopic (exact) mass is 407 g/mol. The lowest BCUT2D eigenvalue weighted by Crippen LogP contribution is -2.48. The minimum atomic E-state index is -1.06. The van der Waals surface area contributed by atoms with E-state index in [0.29, 0.717) is 44.1 Å². The van der Waals surface area contributed by atoms with E-state index in [1.807, 2.05) is 12.1 Å². The summed E-state index contributed by atoms with van der Waals surface area (Å²) in [6.07, 6.45) is 10.3. The summed E-state index contributed by atoms with van der Waals surface area (Å²) in [4.78, 5) is 7.16. The van der Waals surface area contributed by atoms with Crippen molar-refractivity contribution in [3.05, 3.63) is 30.1 Å². The highest BCUT2D eigenvalue weighted by Gasteiger charge is 2.37. The molecule has 9 heteroatoms. The summed E-state index contributed by atoms with van der Waals surface area (Å²) >= 11 is 0. The van der Waals surface area contributed by atoms with Crippen LogP contribution in [-0.4, -0.2) is 68.5 Å². The van der Waals surface area contributed by atoms with Gasteiger partial charge in [-0.05, 0) is 25.8 Å². The van der Waals surface area contributed by atoms with Crippen LogP contribution in [-0.2, 0) is 10.3 Å². The molecule has 0 saturated carbocycles. The number of fused-ring (bicyclic) bond motifs is 1. The predicted molar refractivity (Wildman–Crippen MR) is 112 cm³/mol. The highest BCUT2D eigenvalue weighted by Crippen LogP contribution is 2.37. The maximum Gasteiger partial charge on any atom is 0.177 e. The Morgan fingerprint density at radius 2 is 2.30 bits per heavy atom. The number of aromatic nitrogens is 5. The van der Waals surface area contributed by atoms with Crippen molar-refractivity contribution in [2.24, 2.45) is 0 Å². The van der Waals surface area contributed by atoms with E-state index >= 15 is 0 Å². The lowest BCUT2D eigenvalue weighted by atomic mass is 9.83. The summed E-state index contributed by atoms with van der Waals surface area (Å²) in [6.45, 7) is 4.53. The number of hydrogen-bond donors (Lipinski definition) is 3. The molecule has 0 aliphatic carbocycles. The van der Waals surface area contributed by atoms with Crippen molar-refractivity contribution in [2.45, 2.75) is 37.5 Å². The molecule has 0 aromatic carbocycles. The fourth-order valence-corrected chi connectivity index (χ4v) is 4.36. The summed E-state index contributed by atoms with van der Waals surface area (Å²) in [7, 11) is 0. The van der Waals surface area contributed by atoms with Crippen molar-refractivity contribution in [1.29, 1.82) is 0 Å². The van der Waals surface area contributed by atoms with Crippen molar-refractivity contribution >= 4 is 16.9 Å². The first-order chi connectivity index (χ1) is 14.6. The number of pyridine rings is 1. The van der Waals surface area contributed by atoms with Crippen molar-refractivity contribution in [3.63, 3.8) is 0 Å². The SMILES string of the molecule is C#CC1CCC(O)(c2cc(N3CCOC[C@H]3C)nc3c2cnn3-c2cc[nH]n2)CN1. The second-order valence-electron chi connectivity index (χ2n) is 8.04.